The molecule has 2 N–H and O–H groups in total. The van der Waals surface area contributed by atoms with Crippen LogP contribution in [0.25, 0.3) is 0 Å². The van der Waals surface area contributed by atoms with Crippen LogP contribution in [-0.2, 0) is 11.3 Å². The molecule has 0 radical (unpaired) electrons. The molecule has 0 saturated heterocycles. The number of guanidine groups is 1. The van der Waals surface area contributed by atoms with E-state index in [9.17, 15) is 0 Å². The molecule has 0 atom stereocenters. The van der Waals surface area contributed by atoms with Gasteiger partial charge in [-0.05, 0) is 44.7 Å². The zero-order chi connectivity index (χ0) is 19.3. The Bertz CT molecular complexity index is 536. The van der Waals surface area contributed by atoms with Gasteiger partial charge in [0.05, 0.1) is 6.10 Å². The third-order valence-electron chi connectivity index (χ3n) is 5.10. The van der Waals surface area contributed by atoms with Crippen LogP contribution < -0.4 is 15.5 Å². The lowest BCUT2D eigenvalue weighted by Gasteiger charge is -2.22. The summed E-state index contributed by atoms with van der Waals surface area (Å²) in [4.78, 5) is 11.1. The van der Waals surface area contributed by atoms with Crippen LogP contribution in [0.4, 0.5) is 5.82 Å². The Hall–Kier alpha value is -1.82. The van der Waals surface area contributed by atoms with Crippen LogP contribution in [0.3, 0.4) is 0 Å². The maximum atomic E-state index is 5.96. The van der Waals surface area contributed by atoms with E-state index in [4.69, 9.17) is 4.74 Å². The summed E-state index contributed by atoms with van der Waals surface area (Å²) in [5, 5.41) is 6.70. The normalized spacial score (nSPS) is 15.6. The Labute approximate surface area is 164 Å². The van der Waals surface area contributed by atoms with Gasteiger partial charge in [0.2, 0.25) is 0 Å². The van der Waals surface area contributed by atoms with Crippen molar-refractivity contribution in [1.82, 2.24) is 15.6 Å². The number of ether oxygens (including phenoxy) is 1. The van der Waals surface area contributed by atoms with E-state index in [1.807, 2.05) is 6.20 Å². The Kier molecular flexibility index (Phi) is 9.98. The second-order valence-electron chi connectivity index (χ2n) is 7.03. The van der Waals surface area contributed by atoms with Crippen molar-refractivity contribution in [2.24, 2.45) is 4.99 Å². The number of nitrogens with zero attached hydrogens (tertiary/aromatic N) is 3. The third-order valence-corrected chi connectivity index (χ3v) is 5.10. The molecule has 1 fully saturated rings. The first-order chi connectivity index (χ1) is 13.3. The Morgan fingerprint density at radius 2 is 1.96 bits per heavy atom. The molecule has 1 saturated carbocycles. The van der Waals surface area contributed by atoms with Crippen LogP contribution in [-0.4, -0.2) is 50.3 Å². The fraction of sp³-hybridized carbons (Fsp3) is 0.714. The molecule has 0 unspecified atom stereocenters. The van der Waals surface area contributed by atoms with Crippen LogP contribution in [0, 0.1) is 0 Å². The van der Waals surface area contributed by atoms with Crippen molar-refractivity contribution in [3.63, 3.8) is 0 Å². The number of hydrogen-bond acceptors (Lipinski definition) is 4. The highest BCUT2D eigenvalue weighted by Gasteiger charge is 2.13. The second kappa shape index (κ2) is 12.5. The van der Waals surface area contributed by atoms with Crippen LogP contribution in [0.15, 0.2) is 23.3 Å². The molecule has 1 aromatic rings. The molecule has 1 aliphatic rings. The Balaban J connectivity index is 1.63. The Morgan fingerprint density at radius 1 is 1.19 bits per heavy atom. The highest BCUT2D eigenvalue weighted by atomic mass is 16.5. The van der Waals surface area contributed by atoms with E-state index in [1.165, 1.54) is 32.1 Å². The molecule has 1 aliphatic carbocycles. The molecule has 27 heavy (non-hydrogen) atoms. The van der Waals surface area contributed by atoms with Gasteiger partial charge in [-0.3, -0.25) is 4.99 Å². The standard InChI is InChI=1S/C21H37N5O/c1-4-26(5-2)20-13-12-18(16-24-20)17-25-21(22-3)23-14-9-15-27-19-10-7-6-8-11-19/h12-13,16,19H,4-11,14-15,17H2,1-3H3,(H2,22,23,25). The van der Waals surface area contributed by atoms with Gasteiger partial charge in [0.1, 0.15) is 5.82 Å². The molecule has 0 aromatic carbocycles. The van der Waals surface area contributed by atoms with Gasteiger partial charge < -0.3 is 20.3 Å². The molecule has 0 amide bonds. The molecule has 6 nitrogen and oxygen atoms in total. The molecule has 0 bridgehead atoms. The van der Waals surface area contributed by atoms with E-state index >= 15 is 0 Å². The number of aliphatic imine (C=N–C) groups is 1. The van der Waals surface area contributed by atoms with E-state index in [0.29, 0.717) is 12.6 Å². The summed E-state index contributed by atoms with van der Waals surface area (Å²) < 4.78 is 5.96. The van der Waals surface area contributed by atoms with Gasteiger partial charge in [-0.15, -0.1) is 0 Å². The van der Waals surface area contributed by atoms with Crippen molar-refractivity contribution in [3.8, 4) is 0 Å². The van der Waals surface area contributed by atoms with Crippen LogP contribution in [0.2, 0.25) is 0 Å². The summed E-state index contributed by atoms with van der Waals surface area (Å²) >= 11 is 0. The highest BCUT2D eigenvalue weighted by molar-refractivity contribution is 5.79. The minimum atomic E-state index is 0.489. The summed E-state index contributed by atoms with van der Waals surface area (Å²) in [5.74, 6) is 1.85. The van der Waals surface area contributed by atoms with Crippen LogP contribution in [0.5, 0.6) is 0 Å². The number of rotatable bonds is 10. The average Bonchev–Trinajstić information content (AvgIpc) is 2.72. The first-order valence-corrected chi connectivity index (χ1v) is 10.5. The summed E-state index contributed by atoms with van der Waals surface area (Å²) in [6, 6.07) is 4.21. The largest absolute Gasteiger partial charge is 0.378 e. The van der Waals surface area contributed by atoms with Crippen molar-refractivity contribution in [3.05, 3.63) is 23.9 Å². The Morgan fingerprint density at radius 3 is 2.59 bits per heavy atom. The minimum absolute atomic E-state index is 0.489. The first kappa shape index (κ1) is 21.5. The highest BCUT2D eigenvalue weighted by Crippen LogP contribution is 2.20. The lowest BCUT2D eigenvalue weighted by atomic mass is 9.98. The zero-order valence-corrected chi connectivity index (χ0v) is 17.3. The van der Waals surface area contributed by atoms with E-state index in [2.05, 4.69) is 51.5 Å². The summed E-state index contributed by atoms with van der Waals surface area (Å²) in [6.45, 7) is 8.65. The van der Waals surface area contributed by atoms with E-state index in [0.717, 1.165) is 50.0 Å². The predicted molar refractivity (Wildman–Crippen MR) is 113 cm³/mol. The van der Waals surface area contributed by atoms with Gasteiger partial charge >= 0.3 is 0 Å². The summed E-state index contributed by atoms with van der Waals surface area (Å²) in [6.07, 6.45) is 9.91. The predicted octanol–water partition coefficient (Wildman–Crippen LogP) is 3.33. The molecular formula is C21H37N5O. The molecule has 0 spiro atoms. The van der Waals surface area contributed by atoms with E-state index in [1.54, 1.807) is 7.05 Å². The summed E-state index contributed by atoms with van der Waals surface area (Å²) in [5.41, 5.74) is 1.15. The monoisotopic (exact) mass is 375 g/mol. The molecule has 152 valence electrons. The molecule has 6 heteroatoms. The van der Waals surface area contributed by atoms with Crippen molar-refractivity contribution in [2.75, 3.05) is 38.2 Å². The number of nitrogens with one attached hydrogen (secondary N) is 2. The summed E-state index contributed by atoms with van der Waals surface area (Å²) in [7, 11) is 1.80. The van der Waals surface area contributed by atoms with E-state index in [-0.39, 0.29) is 0 Å². The maximum Gasteiger partial charge on any atom is 0.191 e. The van der Waals surface area contributed by atoms with Crippen LogP contribution in [0.1, 0.15) is 57.9 Å². The van der Waals surface area contributed by atoms with Gasteiger partial charge in [0, 0.05) is 46.0 Å². The van der Waals surface area contributed by atoms with Crippen molar-refractivity contribution in [1.29, 1.82) is 0 Å². The number of anilines is 1. The van der Waals surface area contributed by atoms with Gasteiger partial charge in [-0.2, -0.15) is 0 Å². The molecule has 1 aromatic heterocycles. The minimum Gasteiger partial charge on any atom is -0.378 e. The van der Waals surface area contributed by atoms with Gasteiger partial charge in [0.15, 0.2) is 5.96 Å². The van der Waals surface area contributed by atoms with Gasteiger partial charge in [-0.1, -0.05) is 25.3 Å². The fourth-order valence-corrected chi connectivity index (χ4v) is 3.42. The molecular weight excluding hydrogens is 338 g/mol. The van der Waals surface area contributed by atoms with Crippen LogP contribution >= 0.6 is 0 Å². The maximum absolute atomic E-state index is 5.96. The van der Waals surface area contributed by atoms with Gasteiger partial charge in [-0.25, -0.2) is 4.98 Å². The number of pyridine rings is 1. The smallest absolute Gasteiger partial charge is 0.191 e. The lowest BCUT2D eigenvalue weighted by Crippen LogP contribution is -2.37. The number of hydrogen-bond donors (Lipinski definition) is 2. The average molecular weight is 376 g/mol. The SMILES string of the molecule is CCN(CC)c1ccc(CNC(=NC)NCCCOC2CCCCC2)cn1. The van der Waals surface area contributed by atoms with Crippen molar-refractivity contribution < 1.29 is 4.74 Å². The second-order valence-corrected chi connectivity index (χ2v) is 7.03. The van der Waals surface area contributed by atoms with E-state index < -0.39 is 0 Å². The quantitative estimate of drug-likeness (QED) is 0.373. The fourth-order valence-electron chi connectivity index (χ4n) is 3.42. The van der Waals surface area contributed by atoms with Crippen molar-refractivity contribution >= 4 is 11.8 Å². The molecule has 1 heterocycles. The lowest BCUT2D eigenvalue weighted by molar-refractivity contribution is 0.0277. The first-order valence-electron chi connectivity index (χ1n) is 10.5. The van der Waals surface area contributed by atoms with Gasteiger partial charge in [0.25, 0.3) is 0 Å². The molecule has 2 rings (SSSR count). The number of aromatic nitrogens is 1. The molecule has 0 aliphatic heterocycles. The topological polar surface area (TPSA) is 61.8 Å². The zero-order valence-electron chi connectivity index (χ0n) is 17.3. The van der Waals surface area contributed by atoms with Crippen molar-refractivity contribution in [2.45, 2.75) is 65.0 Å². The third kappa shape index (κ3) is 7.75.